The van der Waals surface area contributed by atoms with Crippen molar-refractivity contribution in [2.45, 2.75) is 27.2 Å². The first-order valence-corrected chi connectivity index (χ1v) is 9.20. The average molecular weight is 451 g/mol. The molecule has 0 unspecified atom stereocenters. The molecule has 0 spiro atoms. The van der Waals surface area contributed by atoms with E-state index in [1.165, 1.54) is 0 Å². The molecule has 2 aromatic carbocycles. The highest BCUT2D eigenvalue weighted by atomic mass is 127. The van der Waals surface area contributed by atoms with Gasteiger partial charge in [-0.15, -0.1) is 0 Å². The number of halogens is 1. The van der Waals surface area contributed by atoms with Gasteiger partial charge in [0.05, 0.1) is 11.8 Å². The molecule has 0 aliphatic heterocycles. The van der Waals surface area contributed by atoms with E-state index in [1.54, 1.807) is 6.92 Å². The summed E-state index contributed by atoms with van der Waals surface area (Å²) in [6.07, 6.45) is 0.395. The van der Waals surface area contributed by atoms with Gasteiger partial charge in [-0.1, -0.05) is 36.2 Å². The molecule has 0 aromatic heterocycles. The summed E-state index contributed by atoms with van der Waals surface area (Å²) in [5.74, 6) is -2.65. The molecule has 2 N–H and O–H groups in total. The van der Waals surface area contributed by atoms with Crippen LogP contribution in [0.2, 0.25) is 0 Å². The molecule has 2 rings (SSSR count). The Morgan fingerprint density at radius 2 is 1.64 bits per heavy atom. The molecule has 2 aromatic rings. The molecule has 5 heteroatoms. The number of aryl methyl sites for hydroxylation is 2. The molecule has 0 aliphatic carbocycles. The quantitative estimate of drug-likeness (QED) is 0.639. The number of hydrogen-bond donors (Lipinski definition) is 2. The van der Waals surface area contributed by atoms with Crippen molar-refractivity contribution < 1.29 is 14.7 Å². The van der Waals surface area contributed by atoms with E-state index in [2.05, 4.69) is 34.0 Å². The van der Waals surface area contributed by atoms with Gasteiger partial charge < -0.3 is 10.4 Å². The summed E-state index contributed by atoms with van der Waals surface area (Å²) in [6.45, 7) is 5.58. The van der Waals surface area contributed by atoms with E-state index in [-0.39, 0.29) is 5.91 Å². The Bertz CT molecular complexity index is 751. The predicted octanol–water partition coefficient (Wildman–Crippen LogP) is 4.43. The second kappa shape index (κ2) is 8.47. The lowest BCUT2D eigenvalue weighted by Gasteiger charge is -2.21. The molecular weight excluding hydrogens is 429 g/mol. The van der Waals surface area contributed by atoms with Crippen molar-refractivity contribution >= 4 is 40.2 Å². The van der Waals surface area contributed by atoms with E-state index in [1.807, 2.05) is 50.2 Å². The topological polar surface area (TPSA) is 66.4 Å². The zero-order valence-corrected chi connectivity index (χ0v) is 16.7. The summed E-state index contributed by atoms with van der Waals surface area (Å²) in [6, 6.07) is 13.5. The van der Waals surface area contributed by atoms with Crippen LogP contribution in [-0.2, 0) is 16.0 Å². The standard InChI is InChI=1S/C20H22INO3/c1-12-8-13(2)10-15(9-12)11-18(14(3)20(24)25)19(23)22-17-6-4-16(21)5-7-17/h4-10,14,18H,11H2,1-3H3,(H,22,23)(H,24,25)/t14-,18-/m1/s1. The smallest absolute Gasteiger partial charge is 0.307 e. The van der Waals surface area contributed by atoms with Gasteiger partial charge in [-0.3, -0.25) is 9.59 Å². The van der Waals surface area contributed by atoms with Gasteiger partial charge in [-0.2, -0.15) is 0 Å². The Morgan fingerprint density at radius 1 is 1.08 bits per heavy atom. The fourth-order valence-corrected chi connectivity index (χ4v) is 3.24. The lowest BCUT2D eigenvalue weighted by molar-refractivity contribution is -0.145. The molecule has 132 valence electrons. The van der Waals surface area contributed by atoms with Crippen molar-refractivity contribution in [2.75, 3.05) is 5.32 Å². The van der Waals surface area contributed by atoms with Crippen molar-refractivity contribution in [3.05, 3.63) is 62.7 Å². The van der Waals surface area contributed by atoms with Gasteiger partial charge in [-0.05, 0) is 72.7 Å². The summed E-state index contributed by atoms with van der Waals surface area (Å²) < 4.78 is 1.07. The molecule has 0 saturated heterocycles. The summed E-state index contributed by atoms with van der Waals surface area (Å²) in [7, 11) is 0. The first kappa shape index (κ1) is 19.4. The van der Waals surface area contributed by atoms with Gasteiger partial charge in [0.1, 0.15) is 0 Å². The number of carboxylic acids is 1. The molecule has 2 atom stereocenters. The van der Waals surface area contributed by atoms with E-state index < -0.39 is 17.8 Å². The zero-order valence-electron chi connectivity index (χ0n) is 14.5. The summed E-state index contributed by atoms with van der Waals surface area (Å²) in [5.41, 5.74) is 3.87. The molecule has 0 bridgehead atoms. The second-order valence-electron chi connectivity index (χ2n) is 6.43. The summed E-state index contributed by atoms with van der Waals surface area (Å²) >= 11 is 2.19. The fourth-order valence-electron chi connectivity index (χ4n) is 2.88. The van der Waals surface area contributed by atoms with E-state index in [0.29, 0.717) is 12.1 Å². The number of carbonyl (C=O) groups excluding carboxylic acids is 1. The van der Waals surface area contributed by atoms with Gasteiger partial charge >= 0.3 is 5.97 Å². The van der Waals surface area contributed by atoms with Crippen LogP contribution in [-0.4, -0.2) is 17.0 Å². The number of aliphatic carboxylic acids is 1. The molecule has 4 nitrogen and oxygen atoms in total. The summed E-state index contributed by atoms with van der Waals surface area (Å²) in [5, 5.41) is 12.3. The van der Waals surface area contributed by atoms with Crippen molar-refractivity contribution in [1.29, 1.82) is 0 Å². The average Bonchev–Trinajstić information content (AvgIpc) is 2.53. The minimum Gasteiger partial charge on any atom is -0.481 e. The van der Waals surface area contributed by atoms with Crippen LogP contribution >= 0.6 is 22.6 Å². The molecule has 1 amide bonds. The van der Waals surface area contributed by atoms with Crippen molar-refractivity contribution in [1.82, 2.24) is 0 Å². The van der Waals surface area contributed by atoms with E-state index in [9.17, 15) is 14.7 Å². The lowest BCUT2D eigenvalue weighted by atomic mass is 9.86. The van der Waals surface area contributed by atoms with Crippen molar-refractivity contribution in [3.63, 3.8) is 0 Å². The van der Waals surface area contributed by atoms with Gasteiger partial charge in [0.2, 0.25) is 5.91 Å². The van der Waals surface area contributed by atoms with Crippen LogP contribution in [0.5, 0.6) is 0 Å². The number of carboxylic acid groups (broad SMARTS) is 1. The zero-order chi connectivity index (χ0) is 18.6. The minimum atomic E-state index is -0.966. The fraction of sp³-hybridized carbons (Fsp3) is 0.300. The number of hydrogen-bond acceptors (Lipinski definition) is 2. The maximum absolute atomic E-state index is 12.7. The number of carbonyl (C=O) groups is 2. The van der Waals surface area contributed by atoms with E-state index >= 15 is 0 Å². The van der Waals surface area contributed by atoms with Crippen molar-refractivity contribution in [3.8, 4) is 0 Å². The van der Waals surface area contributed by atoms with Gasteiger partial charge in [0.25, 0.3) is 0 Å². The Hall–Kier alpha value is -1.89. The number of nitrogens with one attached hydrogen (secondary N) is 1. The maximum Gasteiger partial charge on any atom is 0.307 e. The van der Waals surface area contributed by atoms with Gasteiger partial charge in [0.15, 0.2) is 0 Å². The third-order valence-electron chi connectivity index (χ3n) is 4.18. The number of rotatable bonds is 6. The molecule has 0 fully saturated rings. The van der Waals surface area contributed by atoms with Crippen LogP contribution in [0.3, 0.4) is 0 Å². The van der Waals surface area contributed by atoms with Gasteiger partial charge in [-0.25, -0.2) is 0 Å². The van der Waals surface area contributed by atoms with Crippen LogP contribution in [0, 0.1) is 29.3 Å². The molecule has 0 saturated carbocycles. The Kier molecular flexibility index (Phi) is 6.58. The molecule has 0 aliphatic rings. The molecule has 25 heavy (non-hydrogen) atoms. The number of anilines is 1. The largest absolute Gasteiger partial charge is 0.481 e. The first-order chi connectivity index (χ1) is 11.8. The first-order valence-electron chi connectivity index (χ1n) is 8.12. The second-order valence-corrected chi connectivity index (χ2v) is 7.68. The summed E-state index contributed by atoms with van der Waals surface area (Å²) in [4.78, 5) is 24.2. The number of benzene rings is 2. The Morgan fingerprint density at radius 3 is 2.16 bits per heavy atom. The molecule has 0 heterocycles. The number of amides is 1. The molecular formula is C20H22INO3. The van der Waals surface area contributed by atoms with Crippen LogP contribution < -0.4 is 5.32 Å². The SMILES string of the molecule is Cc1cc(C)cc(C[C@@H](C(=O)Nc2ccc(I)cc2)[C@@H](C)C(=O)O)c1. The molecule has 0 radical (unpaired) electrons. The third kappa shape index (κ3) is 5.56. The highest BCUT2D eigenvalue weighted by molar-refractivity contribution is 14.1. The van der Waals surface area contributed by atoms with Crippen LogP contribution in [0.15, 0.2) is 42.5 Å². The van der Waals surface area contributed by atoms with E-state index in [4.69, 9.17) is 0 Å². The Balaban J connectivity index is 2.23. The van der Waals surface area contributed by atoms with E-state index in [0.717, 1.165) is 20.3 Å². The predicted molar refractivity (Wildman–Crippen MR) is 108 cm³/mol. The van der Waals surface area contributed by atoms with Crippen LogP contribution in [0.25, 0.3) is 0 Å². The minimum absolute atomic E-state index is 0.268. The van der Waals surface area contributed by atoms with Crippen LogP contribution in [0.1, 0.15) is 23.6 Å². The lowest BCUT2D eigenvalue weighted by Crippen LogP contribution is -2.33. The normalized spacial score (nSPS) is 13.1. The van der Waals surface area contributed by atoms with Crippen molar-refractivity contribution in [2.24, 2.45) is 11.8 Å². The Labute approximate surface area is 161 Å². The van der Waals surface area contributed by atoms with Crippen LogP contribution in [0.4, 0.5) is 5.69 Å². The third-order valence-corrected chi connectivity index (χ3v) is 4.90. The van der Waals surface area contributed by atoms with Gasteiger partial charge in [0, 0.05) is 9.26 Å². The maximum atomic E-state index is 12.7. The highest BCUT2D eigenvalue weighted by Gasteiger charge is 2.30. The highest BCUT2D eigenvalue weighted by Crippen LogP contribution is 2.22. The monoisotopic (exact) mass is 451 g/mol.